The summed E-state index contributed by atoms with van der Waals surface area (Å²) in [5, 5.41) is 14.5. The predicted molar refractivity (Wildman–Crippen MR) is 62.4 cm³/mol. The van der Waals surface area contributed by atoms with Crippen LogP contribution >= 0.6 is 0 Å². The van der Waals surface area contributed by atoms with Crippen molar-refractivity contribution >= 4 is 11.5 Å². The highest BCUT2D eigenvalue weighted by Crippen LogP contribution is 2.13. The Morgan fingerprint density at radius 2 is 1.93 bits per heavy atom. The minimum atomic E-state index is 0.242. The second kappa shape index (κ2) is 5.24. The average Bonchev–Trinajstić information content (AvgIpc) is 2.16. The molecule has 0 amide bonds. The van der Waals surface area contributed by atoms with Crippen LogP contribution in [0.5, 0.6) is 0 Å². The van der Waals surface area contributed by atoms with Gasteiger partial charge in [0, 0.05) is 18.7 Å². The molecule has 4 N–H and O–H groups in total. The van der Waals surface area contributed by atoms with Crippen molar-refractivity contribution in [2.24, 2.45) is 10.9 Å². The lowest BCUT2D eigenvalue weighted by Gasteiger charge is -2.07. The Morgan fingerprint density at radius 3 is 2.47 bits per heavy atom. The molecule has 0 bridgehead atoms. The fourth-order valence-electron chi connectivity index (χ4n) is 1.46. The molecule has 4 nitrogen and oxygen atoms in total. The van der Waals surface area contributed by atoms with Crippen LogP contribution in [0.25, 0.3) is 0 Å². The van der Waals surface area contributed by atoms with Crippen LogP contribution in [-0.4, -0.2) is 17.6 Å². The molecule has 0 aliphatic carbocycles. The van der Waals surface area contributed by atoms with E-state index in [1.807, 2.05) is 0 Å². The molecule has 0 aliphatic rings. The van der Waals surface area contributed by atoms with Gasteiger partial charge >= 0.3 is 0 Å². The molecule has 0 radical (unpaired) electrons. The molecule has 82 valence electrons. The molecule has 0 heterocycles. The summed E-state index contributed by atoms with van der Waals surface area (Å²) in [4.78, 5) is 0. The standard InChI is InChI=1S/C11H17N3O/c1-8-5-9(2)7-10(6-8)13-4-3-11(12)14-15/h5-7,13,15H,3-4H2,1-2H3,(H2,12,14). The first-order chi connectivity index (χ1) is 7.11. The molecule has 1 aromatic carbocycles. The van der Waals surface area contributed by atoms with Gasteiger partial charge in [-0.2, -0.15) is 0 Å². The second-order valence-corrected chi connectivity index (χ2v) is 3.64. The van der Waals surface area contributed by atoms with E-state index in [0.717, 1.165) is 5.69 Å². The second-order valence-electron chi connectivity index (χ2n) is 3.64. The van der Waals surface area contributed by atoms with Crippen LogP contribution in [0, 0.1) is 13.8 Å². The van der Waals surface area contributed by atoms with Crippen LogP contribution in [0.2, 0.25) is 0 Å². The Balaban J connectivity index is 2.51. The summed E-state index contributed by atoms with van der Waals surface area (Å²) in [6.45, 7) is 4.78. The zero-order valence-electron chi connectivity index (χ0n) is 9.12. The summed E-state index contributed by atoms with van der Waals surface area (Å²) < 4.78 is 0. The van der Waals surface area contributed by atoms with Crippen molar-refractivity contribution < 1.29 is 5.21 Å². The number of aryl methyl sites for hydroxylation is 2. The average molecular weight is 207 g/mol. The van der Waals surface area contributed by atoms with Crippen molar-refractivity contribution in [2.45, 2.75) is 20.3 Å². The molecule has 1 rings (SSSR count). The maximum Gasteiger partial charge on any atom is 0.140 e. The maximum absolute atomic E-state index is 8.36. The first-order valence-corrected chi connectivity index (χ1v) is 4.90. The van der Waals surface area contributed by atoms with Crippen LogP contribution in [0.1, 0.15) is 17.5 Å². The highest BCUT2D eigenvalue weighted by molar-refractivity contribution is 5.80. The Kier molecular flexibility index (Phi) is 3.97. The van der Waals surface area contributed by atoms with E-state index < -0.39 is 0 Å². The van der Waals surface area contributed by atoms with Gasteiger partial charge in [0.15, 0.2) is 0 Å². The molecule has 1 aromatic rings. The Hall–Kier alpha value is -1.71. The number of nitrogens with one attached hydrogen (secondary N) is 1. The number of anilines is 1. The van der Waals surface area contributed by atoms with Gasteiger partial charge in [0.1, 0.15) is 5.84 Å². The van der Waals surface area contributed by atoms with E-state index >= 15 is 0 Å². The van der Waals surface area contributed by atoms with Gasteiger partial charge in [-0.15, -0.1) is 0 Å². The van der Waals surface area contributed by atoms with Crippen LogP contribution < -0.4 is 11.1 Å². The van der Waals surface area contributed by atoms with E-state index in [4.69, 9.17) is 10.9 Å². The molecule has 0 spiro atoms. The van der Waals surface area contributed by atoms with Gasteiger partial charge in [-0.3, -0.25) is 0 Å². The minimum absolute atomic E-state index is 0.242. The summed E-state index contributed by atoms with van der Waals surface area (Å²) in [7, 11) is 0. The van der Waals surface area contributed by atoms with Gasteiger partial charge in [0.05, 0.1) is 0 Å². The molecule has 0 atom stereocenters. The number of hydrogen-bond acceptors (Lipinski definition) is 3. The number of rotatable bonds is 4. The van der Waals surface area contributed by atoms with Gasteiger partial charge in [-0.1, -0.05) is 11.2 Å². The molecule has 0 aliphatic heterocycles. The molecule has 0 saturated carbocycles. The first kappa shape index (κ1) is 11.4. The largest absolute Gasteiger partial charge is 0.409 e. The van der Waals surface area contributed by atoms with Crippen molar-refractivity contribution in [2.75, 3.05) is 11.9 Å². The third-order valence-electron chi connectivity index (χ3n) is 2.06. The Labute approximate surface area is 89.8 Å². The third-order valence-corrected chi connectivity index (χ3v) is 2.06. The van der Waals surface area contributed by atoms with Gasteiger partial charge in [-0.05, 0) is 37.1 Å². The van der Waals surface area contributed by atoms with E-state index in [0.29, 0.717) is 13.0 Å². The Morgan fingerprint density at radius 1 is 1.33 bits per heavy atom. The summed E-state index contributed by atoms with van der Waals surface area (Å²) >= 11 is 0. The lowest BCUT2D eigenvalue weighted by Crippen LogP contribution is -2.16. The molecule has 0 aromatic heterocycles. The van der Waals surface area contributed by atoms with E-state index in [-0.39, 0.29) is 5.84 Å². The number of hydrogen-bond donors (Lipinski definition) is 3. The molecular formula is C11H17N3O. The van der Waals surface area contributed by atoms with Crippen molar-refractivity contribution in [3.05, 3.63) is 29.3 Å². The third kappa shape index (κ3) is 3.89. The quantitative estimate of drug-likeness (QED) is 0.305. The van der Waals surface area contributed by atoms with Crippen LogP contribution in [0.3, 0.4) is 0 Å². The van der Waals surface area contributed by atoms with Crippen molar-refractivity contribution in [1.82, 2.24) is 0 Å². The van der Waals surface area contributed by atoms with Crippen molar-refractivity contribution in [3.8, 4) is 0 Å². The van der Waals surface area contributed by atoms with E-state index in [9.17, 15) is 0 Å². The SMILES string of the molecule is Cc1cc(C)cc(NCC/C(N)=N/O)c1. The monoisotopic (exact) mass is 207 g/mol. The molecule has 4 heteroatoms. The molecule has 15 heavy (non-hydrogen) atoms. The van der Waals surface area contributed by atoms with Gasteiger partial charge in [0.2, 0.25) is 0 Å². The summed E-state index contributed by atoms with van der Waals surface area (Å²) in [6.07, 6.45) is 0.531. The number of amidine groups is 1. The van der Waals surface area contributed by atoms with Gasteiger partial charge in [0.25, 0.3) is 0 Å². The Bertz CT molecular complexity index is 341. The van der Waals surface area contributed by atoms with Crippen LogP contribution in [0.4, 0.5) is 5.69 Å². The number of oxime groups is 1. The number of nitrogens with zero attached hydrogens (tertiary/aromatic N) is 1. The van der Waals surface area contributed by atoms with Gasteiger partial charge in [-0.25, -0.2) is 0 Å². The molecular weight excluding hydrogens is 190 g/mol. The minimum Gasteiger partial charge on any atom is -0.409 e. The zero-order chi connectivity index (χ0) is 11.3. The summed E-state index contributed by atoms with van der Waals surface area (Å²) in [5.41, 5.74) is 8.87. The molecule has 0 fully saturated rings. The van der Waals surface area contributed by atoms with E-state index in [2.05, 4.69) is 42.5 Å². The fourth-order valence-corrected chi connectivity index (χ4v) is 1.46. The molecule has 0 unspecified atom stereocenters. The predicted octanol–water partition coefficient (Wildman–Crippen LogP) is 1.85. The topological polar surface area (TPSA) is 70.6 Å². The fraction of sp³-hybridized carbons (Fsp3) is 0.364. The van der Waals surface area contributed by atoms with Crippen LogP contribution in [-0.2, 0) is 0 Å². The number of benzene rings is 1. The highest BCUT2D eigenvalue weighted by atomic mass is 16.4. The van der Waals surface area contributed by atoms with Crippen molar-refractivity contribution in [3.63, 3.8) is 0 Å². The van der Waals surface area contributed by atoms with Gasteiger partial charge < -0.3 is 16.3 Å². The van der Waals surface area contributed by atoms with E-state index in [1.54, 1.807) is 0 Å². The molecule has 0 saturated heterocycles. The highest BCUT2D eigenvalue weighted by Gasteiger charge is 1.96. The van der Waals surface area contributed by atoms with E-state index in [1.165, 1.54) is 11.1 Å². The summed E-state index contributed by atoms with van der Waals surface area (Å²) in [6, 6.07) is 6.26. The smallest absolute Gasteiger partial charge is 0.140 e. The lowest BCUT2D eigenvalue weighted by atomic mass is 10.1. The summed E-state index contributed by atoms with van der Waals surface area (Å²) in [5.74, 6) is 0.242. The maximum atomic E-state index is 8.36. The normalized spacial score (nSPS) is 11.5. The lowest BCUT2D eigenvalue weighted by molar-refractivity contribution is 0.317. The number of nitrogens with two attached hydrogens (primary N) is 1. The van der Waals surface area contributed by atoms with Crippen molar-refractivity contribution in [1.29, 1.82) is 0 Å². The first-order valence-electron chi connectivity index (χ1n) is 4.90. The van der Waals surface area contributed by atoms with Crippen LogP contribution in [0.15, 0.2) is 23.4 Å². The zero-order valence-corrected chi connectivity index (χ0v) is 9.12.